The molecule has 1 aromatic heterocycles. The van der Waals surface area contributed by atoms with Gasteiger partial charge in [-0.1, -0.05) is 0 Å². The number of nitrogens with one attached hydrogen (secondary N) is 2. The van der Waals surface area contributed by atoms with E-state index in [0.29, 0.717) is 17.8 Å². The average molecular weight is 304 g/mol. The molecule has 2 N–H and O–H groups in total. The van der Waals surface area contributed by atoms with Crippen molar-refractivity contribution in [2.75, 3.05) is 42.2 Å². The van der Waals surface area contributed by atoms with Crippen LogP contribution in [0.3, 0.4) is 0 Å². The predicted octanol–water partition coefficient (Wildman–Crippen LogP) is 2.27. The SMILES string of the molecule is CNc1nc(NCCCC(F)(F)F)nc(N2CCCC2)n1. The molecule has 0 bridgehead atoms. The topological polar surface area (TPSA) is 66.0 Å². The molecule has 118 valence electrons. The van der Waals surface area contributed by atoms with Crippen molar-refractivity contribution in [3.63, 3.8) is 0 Å². The number of hydrogen-bond acceptors (Lipinski definition) is 6. The Labute approximate surface area is 121 Å². The van der Waals surface area contributed by atoms with Gasteiger partial charge in [0.05, 0.1) is 0 Å². The van der Waals surface area contributed by atoms with E-state index >= 15 is 0 Å². The van der Waals surface area contributed by atoms with E-state index in [4.69, 9.17) is 0 Å². The molecule has 21 heavy (non-hydrogen) atoms. The van der Waals surface area contributed by atoms with Crippen molar-refractivity contribution in [1.29, 1.82) is 0 Å². The minimum Gasteiger partial charge on any atom is -0.357 e. The van der Waals surface area contributed by atoms with Gasteiger partial charge in [0.2, 0.25) is 17.8 Å². The number of nitrogens with zero attached hydrogens (tertiary/aromatic N) is 4. The van der Waals surface area contributed by atoms with E-state index in [1.807, 2.05) is 4.90 Å². The Morgan fingerprint density at radius 2 is 1.76 bits per heavy atom. The molecule has 9 heteroatoms. The molecule has 0 aliphatic carbocycles. The molecular formula is C12H19F3N6. The Kier molecular flexibility index (Phi) is 5.03. The van der Waals surface area contributed by atoms with Crippen molar-refractivity contribution in [3.05, 3.63) is 0 Å². The number of alkyl halides is 3. The van der Waals surface area contributed by atoms with Crippen LogP contribution >= 0.6 is 0 Å². The highest BCUT2D eigenvalue weighted by Crippen LogP contribution is 2.21. The summed E-state index contributed by atoms with van der Waals surface area (Å²) in [5.41, 5.74) is 0. The summed E-state index contributed by atoms with van der Waals surface area (Å²) in [7, 11) is 1.69. The van der Waals surface area contributed by atoms with Gasteiger partial charge in [-0.25, -0.2) is 0 Å². The molecular weight excluding hydrogens is 285 g/mol. The van der Waals surface area contributed by atoms with Gasteiger partial charge >= 0.3 is 6.18 Å². The fourth-order valence-electron chi connectivity index (χ4n) is 2.10. The van der Waals surface area contributed by atoms with Crippen molar-refractivity contribution in [2.45, 2.75) is 31.9 Å². The Hall–Kier alpha value is -1.80. The fourth-order valence-corrected chi connectivity index (χ4v) is 2.10. The van der Waals surface area contributed by atoms with Gasteiger partial charge in [0.25, 0.3) is 0 Å². The van der Waals surface area contributed by atoms with Crippen molar-refractivity contribution in [1.82, 2.24) is 15.0 Å². The zero-order valence-electron chi connectivity index (χ0n) is 11.9. The number of anilines is 3. The van der Waals surface area contributed by atoms with Crippen LogP contribution in [0.15, 0.2) is 0 Å². The number of hydrogen-bond donors (Lipinski definition) is 2. The first kappa shape index (κ1) is 15.6. The summed E-state index contributed by atoms with van der Waals surface area (Å²) in [4.78, 5) is 14.7. The lowest BCUT2D eigenvalue weighted by Crippen LogP contribution is -2.22. The van der Waals surface area contributed by atoms with Crippen LogP contribution in [-0.4, -0.2) is 47.8 Å². The molecule has 2 rings (SSSR count). The quantitative estimate of drug-likeness (QED) is 0.786. The third kappa shape index (κ3) is 4.91. The zero-order valence-corrected chi connectivity index (χ0v) is 11.9. The van der Waals surface area contributed by atoms with Crippen LogP contribution in [0.25, 0.3) is 0 Å². The van der Waals surface area contributed by atoms with Crippen molar-refractivity contribution < 1.29 is 13.2 Å². The van der Waals surface area contributed by atoms with Crippen molar-refractivity contribution in [3.8, 4) is 0 Å². The molecule has 0 amide bonds. The minimum atomic E-state index is -4.13. The summed E-state index contributed by atoms with van der Waals surface area (Å²) in [6, 6.07) is 0. The van der Waals surface area contributed by atoms with Crippen LogP contribution in [0.5, 0.6) is 0 Å². The van der Waals surface area contributed by atoms with Gasteiger partial charge in [-0.15, -0.1) is 0 Å². The van der Waals surface area contributed by atoms with Gasteiger partial charge in [0.15, 0.2) is 0 Å². The molecule has 1 fully saturated rings. The molecule has 1 aromatic rings. The first-order valence-electron chi connectivity index (χ1n) is 6.97. The van der Waals surface area contributed by atoms with E-state index in [9.17, 15) is 13.2 Å². The Morgan fingerprint density at radius 3 is 2.38 bits per heavy atom. The van der Waals surface area contributed by atoms with Gasteiger partial charge in [0, 0.05) is 33.1 Å². The second-order valence-corrected chi connectivity index (χ2v) is 4.87. The summed E-state index contributed by atoms with van der Waals surface area (Å²) < 4.78 is 36.2. The highest BCUT2D eigenvalue weighted by atomic mass is 19.4. The standard InChI is InChI=1S/C12H19F3N6/c1-16-9-18-10(17-6-4-5-12(13,14)15)20-11(19-9)21-7-2-3-8-21/h2-8H2,1H3,(H2,16,17,18,19,20). The molecule has 1 aliphatic heterocycles. The van der Waals surface area contributed by atoms with Crippen molar-refractivity contribution >= 4 is 17.8 Å². The smallest absolute Gasteiger partial charge is 0.357 e. The predicted molar refractivity (Wildman–Crippen MR) is 74.6 cm³/mol. The van der Waals surface area contributed by atoms with Crippen LogP contribution in [-0.2, 0) is 0 Å². The van der Waals surface area contributed by atoms with E-state index < -0.39 is 12.6 Å². The molecule has 0 atom stereocenters. The molecule has 1 aliphatic rings. The summed E-state index contributed by atoms with van der Waals surface area (Å²) in [5, 5.41) is 5.66. The van der Waals surface area contributed by atoms with Crippen LogP contribution in [0, 0.1) is 0 Å². The minimum absolute atomic E-state index is 0.0108. The van der Waals surface area contributed by atoms with E-state index in [1.165, 1.54) is 0 Å². The highest BCUT2D eigenvalue weighted by molar-refractivity contribution is 5.43. The monoisotopic (exact) mass is 304 g/mol. The third-order valence-corrected chi connectivity index (χ3v) is 3.16. The lowest BCUT2D eigenvalue weighted by molar-refractivity contribution is -0.134. The molecule has 0 aromatic carbocycles. The van der Waals surface area contributed by atoms with E-state index in [2.05, 4.69) is 25.6 Å². The van der Waals surface area contributed by atoms with Crippen LogP contribution < -0.4 is 15.5 Å². The number of halogens is 3. The van der Waals surface area contributed by atoms with Gasteiger partial charge in [-0.2, -0.15) is 28.1 Å². The van der Waals surface area contributed by atoms with Gasteiger partial charge in [-0.3, -0.25) is 0 Å². The first-order valence-corrected chi connectivity index (χ1v) is 6.97. The highest BCUT2D eigenvalue weighted by Gasteiger charge is 2.26. The second-order valence-electron chi connectivity index (χ2n) is 4.87. The Morgan fingerprint density at radius 1 is 1.10 bits per heavy atom. The van der Waals surface area contributed by atoms with Gasteiger partial charge in [0.1, 0.15) is 0 Å². The fraction of sp³-hybridized carbons (Fsp3) is 0.750. The molecule has 1 saturated heterocycles. The van der Waals surface area contributed by atoms with Gasteiger partial charge < -0.3 is 15.5 Å². The summed E-state index contributed by atoms with van der Waals surface area (Å²) in [6.45, 7) is 1.95. The maximum absolute atomic E-state index is 12.1. The number of aromatic nitrogens is 3. The third-order valence-electron chi connectivity index (χ3n) is 3.16. The van der Waals surface area contributed by atoms with Gasteiger partial charge in [-0.05, 0) is 19.3 Å². The molecule has 0 radical (unpaired) electrons. The molecule has 0 spiro atoms. The lowest BCUT2D eigenvalue weighted by Gasteiger charge is -2.16. The van der Waals surface area contributed by atoms with Crippen molar-refractivity contribution in [2.24, 2.45) is 0 Å². The Balaban J connectivity index is 1.96. The maximum Gasteiger partial charge on any atom is 0.389 e. The van der Waals surface area contributed by atoms with Crippen LogP contribution in [0.2, 0.25) is 0 Å². The van der Waals surface area contributed by atoms with Crippen LogP contribution in [0.1, 0.15) is 25.7 Å². The summed E-state index contributed by atoms with van der Waals surface area (Å²) in [6.07, 6.45) is -2.77. The van der Waals surface area contributed by atoms with Crippen LogP contribution in [0.4, 0.5) is 31.0 Å². The largest absolute Gasteiger partial charge is 0.389 e. The van der Waals surface area contributed by atoms with E-state index in [0.717, 1.165) is 25.9 Å². The average Bonchev–Trinajstić information content (AvgIpc) is 2.96. The Bertz CT molecular complexity index is 459. The molecule has 6 nitrogen and oxygen atoms in total. The summed E-state index contributed by atoms with van der Waals surface area (Å²) >= 11 is 0. The molecule has 0 unspecified atom stereocenters. The lowest BCUT2D eigenvalue weighted by atomic mass is 10.3. The number of rotatable bonds is 6. The zero-order chi connectivity index (χ0) is 15.3. The molecule has 0 saturated carbocycles. The summed E-state index contributed by atoms with van der Waals surface area (Å²) in [5.74, 6) is 1.27. The second kappa shape index (κ2) is 6.77. The normalized spacial score (nSPS) is 15.3. The van der Waals surface area contributed by atoms with E-state index in [-0.39, 0.29) is 13.0 Å². The maximum atomic E-state index is 12.1. The molecule has 2 heterocycles. The van der Waals surface area contributed by atoms with E-state index in [1.54, 1.807) is 7.05 Å². The first-order chi connectivity index (χ1) is 9.98.